The molecule has 22 heavy (non-hydrogen) atoms. The van der Waals surface area contributed by atoms with Crippen LogP contribution in [0.4, 0.5) is 0 Å². The van der Waals surface area contributed by atoms with E-state index in [0.29, 0.717) is 0 Å². The largest absolute Gasteiger partial charge is 0.394 e. The zero-order valence-corrected chi connectivity index (χ0v) is 12.5. The van der Waals surface area contributed by atoms with Crippen molar-refractivity contribution in [3.63, 3.8) is 0 Å². The van der Waals surface area contributed by atoms with Crippen LogP contribution >= 0.6 is 0 Å². The lowest BCUT2D eigenvalue weighted by Gasteiger charge is -2.39. The highest BCUT2D eigenvalue weighted by molar-refractivity contribution is 5.17. The number of rotatable bonds is 2. The average Bonchev–Trinajstić information content (AvgIpc) is 2.99. The topological polar surface area (TPSA) is 66.4 Å². The molecule has 0 radical (unpaired) electrons. The summed E-state index contributed by atoms with van der Waals surface area (Å²) >= 11 is 0. The molecule has 3 fully saturated rings. The van der Waals surface area contributed by atoms with Gasteiger partial charge in [0, 0.05) is 5.56 Å². The standard InChI is InChI=1S/C16H20O6/c1-16(2)21-13-12-11(19-15(13)22-16)10(8-17)18-14(20-12)9-6-4-3-5-7-9/h3-7,10-15,17H,8H2,1-2H3/t10-,11+,12-,13+,14?,15+/m1/s1. The molecule has 0 aromatic heterocycles. The summed E-state index contributed by atoms with van der Waals surface area (Å²) in [5.74, 6) is -0.696. The van der Waals surface area contributed by atoms with Gasteiger partial charge < -0.3 is 28.8 Å². The second-order valence-electron chi connectivity index (χ2n) is 6.27. The molecule has 1 unspecified atom stereocenters. The molecule has 6 nitrogen and oxygen atoms in total. The van der Waals surface area contributed by atoms with Crippen molar-refractivity contribution in [1.29, 1.82) is 0 Å². The van der Waals surface area contributed by atoms with Crippen LogP contribution in [0.5, 0.6) is 0 Å². The zero-order valence-electron chi connectivity index (χ0n) is 12.5. The first-order valence-electron chi connectivity index (χ1n) is 7.55. The van der Waals surface area contributed by atoms with E-state index in [1.165, 1.54) is 0 Å². The highest BCUT2D eigenvalue weighted by Crippen LogP contribution is 2.44. The maximum absolute atomic E-state index is 9.63. The summed E-state index contributed by atoms with van der Waals surface area (Å²) in [4.78, 5) is 0. The predicted octanol–water partition coefficient (Wildman–Crippen LogP) is 1.34. The Labute approximate surface area is 128 Å². The molecule has 1 aromatic carbocycles. The van der Waals surface area contributed by atoms with E-state index in [0.717, 1.165) is 5.56 Å². The van der Waals surface area contributed by atoms with Crippen LogP contribution in [-0.4, -0.2) is 48.2 Å². The normalized spacial score (nSPS) is 42.9. The van der Waals surface area contributed by atoms with E-state index >= 15 is 0 Å². The Bertz CT molecular complexity index is 533. The maximum atomic E-state index is 9.63. The fraction of sp³-hybridized carbons (Fsp3) is 0.625. The molecule has 120 valence electrons. The van der Waals surface area contributed by atoms with Crippen LogP contribution in [0.2, 0.25) is 0 Å². The summed E-state index contributed by atoms with van der Waals surface area (Å²) in [7, 11) is 0. The minimum Gasteiger partial charge on any atom is -0.394 e. The van der Waals surface area contributed by atoms with Crippen molar-refractivity contribution >= 4 is 0 Å². The Hall–Kier alpha value is -1.02. The number of ether oxygens (including phenoxy) is 5. The van der Waals surface area contributed by atoms with Gasteiger partial charge in [-0.15, -0.1) is 0 Å². The third kappa shape index (κ3) is 2.36. The number of hydrogen-bond donors (Lipinski definition) is 1. The van der Waals surface area contributed by atoms with Crippen molar-refractivity contribution in [2.45, 2.75) is 56.6 Å². The molecule has 0 aliphatic carbocycles. The molecule has 0 spiro atoms. The van der Waals surface area contributed by atoms with Gasteiger partial charge in [-0.3, -0.25) is 0 Å². The molecule has 3 saturated heterocycles. The molecule has 3 aliphatic rings. The summed E-state index contributed by atoms with van der Waals surface area (Å²) in [6, 6.07) is 9.65. The number of fused-ring (bicyclic) bond motifs is 3. The number of hydrogen-bond acceptors (Lipinski definition) is 6. The van der Waals surface area contributed by atoms with Gasteiger partial charge in [-0.2, -0.15) is 0 Å². The molecule has 1 N–H and O–H groups in total. The molecule has 3 aliphatic heterocycles. The summed E-state index contributed by atoms with van der Waals surface area (Å²) in [6.07, 6.45) is -2.54. The van der Waals surface area contributed by atoms with Gasteiger partial charge in [0.25, 0.3) is 0 Å². The number of aliphatic hydroxyl groups is 1. The molecule has 0 bridgehead atoms. The second kappa shape index (κ2) is 5.26. The molecule has 6 heteroatoms. The van der Waals surface area contributed by atoms with Gasteiger partial charge in [0.15, 0.2) is 18.4 Å². The smallest absolute Gasteiger partial charge is 0.190 e. The average molecular weight is 308 g/mol. The second-order valence-corrected chi connectivity index (χ2v) is 6.27. The van der Waals surface area contributed by atoms with E-state index in [4.69, 9.17) is 23.7 Å². The van der Waals surface area contributed by atoms with Crippen LogP contribution in [0.1, 0.15) is 25.7 Å². The SMILES string of the molecule is CC1(C)O[C@@H]2O[C@@H]3[C@@H](OC(c4ccccc4)O[C@@H]3CO)[C@@H]2O1. The summed E-state index contributed by atoms with van der Waals surface area (Å²) in [5, 5.41) is 9.63. The van der Waals surface area contributed by atoms with Crippen LogP contribution in [0.3, 0.4) is 0 Å². The van der Waals surface area contributed by atoms with Gasteiger partial charge >= 0.3 is 0 Å². The number of benzene rings is 1. The predicted molar refractivity (Wildman–Crippen MR) is 74.7 cm³/mol. The van der Waals surface area contributed by atoms with Crippen LogP contribution < -0.4 is 0 Å². The summed E-state index contributed by atoms with van der Waals surface area (Å²) in [6.45, 7) is 3.55. The molecule has 0 saturated carbocycles. The van der Waals surface area contributed by atoms with Gasteiger partial charge in [-0.1, -0.05) is 30.3 Å². The molecule has 1 aromatic rings. The lowest BCUT2D eigenvalue weighted by Crippen LogP contribution is -2.50. The van der Waals surface area contributed by atoms with Gasteiger partial charge in [0.2, 0.25) is 0 Å². The van der Waals surface area contributed by atoms with Crippen molar-refractivity contribution in [3.8, 4) is 0 Å². The molecule has 6 atom stereocenters. The van der Waals surface area contributed by atoms with Crippen molar-refractivity contribution in [1.82, 2.24) is 0 Å². The quantitative estimate of drug-likeness (QED) is 0.889. The summed E-state index contributed by atoms with van der Waals surface area (Å²) < 4.78 is 29.4. The first-order chi connectivity index (χ1) is 10.6. The highest BCUT2D eigenvalue weighted by atomic mass is 16.9. The van der Waals surface area contributed by atoms with E-state index < -0.39 is 30.6 Å². The summed E-state index contributed by atoms with van der Waals surface area (Å²) in [5.41, 5.74) is 0.904. The van der Waals surface area contributed by atoms with Gasteiger partial charge in [-0.05, 0) is 13.8 Å². The zero-order chi connectivity index (χ0) is 15.3. The fourth-order valence-corrected chi connectivity index (χ4v) is 3.28. The Kier molecular flexibility index (Phi) is 3.48. The third-order valence-corrected chi connectivity index (χ3v) is 4.22. The maximum Gasteiger partial charge on any atom is 0.190 e. The van der Waals surface area contributed by atoms with E-state index in [1.807, 2.05) is 44.2 Å². The van der Waals surface area contributed by atoms with E-state index in [-0.39, 0.29) is 18.8 Å². The van der Waals surface area contributed by atoms with Crippen molar-refractivity contribution in [3.05, 3.63) is 35.9 Å². The van der Waals surface area contributed by atoms with Crippen molar-refractivity contribution in [2.24, 2.45) is 0 Å². The Morgan fingerprint density at radius 2 is 1.73 bits per heavy atom. The van der Waals surface area contributed by atoms with Gasteiger partial charge in [0.1, 0.15) is 24.4 Å². The lowest BCUT2D eigenvalue weighted by atomic mass is 10.0. The Balaban J connectivity index is 1.59. The van der Waals surface area contributed by atoms with Crippen LogP contribution in [0.15, 0.2) is 30.3 Å². The number of aliphatic hydroxyl groups excluding tert-OH is 1. The first kappa shape index (κ1) is 14.6. The van der Waals surface area contributed by atoms with Crippen molar-refractivity contribution in [2.75, 3.05) is 6.61 Å². The van der Waals surface area contributed by atoms with Gasteiger partial charge in [-0.25, -0.2) is 0 Å². The molecule has 4 rings (SSSR count). The van der Waals surface area contributed by atoms with Crippen LogP contribution in [0, 0.1) is 0 Å². The van der Waals surface area contributed by atoms with E-state index in [9.17, 15) is 5.11 Å². The molecule has 0 amide bonds. The van der Waals surface area contributed by atoms with Crippen LogP contribution in [-0.2, 0) is 23.7 Å². The van der Waals surface area contributed by atoms with Gasteiger partial charge in [0.05, 0.1) is 6.61 Å². The van der Waals surface area contributed by atoms with Crippen LogP contribution in [0.25, 0.3) is 0 Å². The minimum atomic E-state index is -0.696. The molecule has 3 heterocycles. The van der Waals surface area contributed by atoms with E-state index in [1.54, 1.807) is 0 Å². The fourth-order valence-electron chi connectivity index (χ4n) is 3.28. The molecular formula is C16H20O6. The monoisotopic (exact) mass is 308 g/mol. The lowest BCUT2D eigenvalue weighted by molar-refractivity contribution is -0.313. The first-order valence-corrected chi connectivity index (χ1v) is 7.55. The Morgan fingerprint density at radius 1 is 0.955 bits per heavy atom. The van der Waals surface area contributed by atoms with Crippen molar-refractivity contribution < 1.29 is 28.8 Å². The van der Waals surface area contributed by atoms with E-state index in [2.05, 4.69) is 0 Å². The highest BCUT2D eigenvalue weighted by Gasteiger charge is 2.59. The third-order valence-electron chi connectivity index (χ3n) is 4.22. The minimum absolute atomic E-state index is 0.142. The Morgan fingerprint density at radius 3 is 2.45 bits per heavy atom. The molecular weight excluding hydrogens is 288 g/mol.